The normalized spacial score (nSPS) is 25.5. The molecular formula is C14H24N2O3. The van der Waals surface area contributed by atoms with Crippen LogP contribution in [0.4, 0.5) is 4.79 Å². The summed E-state index contributed by atoms with van der Waals surface area (Å²) in [5.74, 6) is 0.166. The van der Waals surface area contributed by atoms with Gasteiger partial charge in [0.15, 0.2) is 0 Å². The van der Waals surface area contributed by atoms with Crippen molar-refractivity contribution in [2.24, 2.45) is 5.41 Å². The first-order valence-electron chi connectivity index (χ1n) is 7.30. The van der Waals surface area contributed by atoms with Crippen molar-refractivity contribution in [1.29, 1.82) is 0 Å². The van der Waals surface area contributed by atoms with Crippen LogP contribution >= 0.6 is 0 Å². The molecule has 19 heavy (non-hydrogen) atoms. The summed E-state index contributed by atoms with van der Waals surface area (Å²) in [6.07, 6.45) is 4.11. The van der Waals surface area contributed by atoms with Crippen molar-refractivity contribution in [2.45, 2.75) is 52.0 Å². The van der Waals surface area contributed by atoms with Crippen molar-refractivity contribution in [3.63, 3.8) is 0 Å². The Kier molecular flexibility index (Phi) is 4.32. The van der Waals surface area contributed by atoms with Crippen LogP contribution in [0.2, 0.25) is 0 Å². The van der Waals surface area contributed by atoms with Gasteiger partial charge in [-0.15, -0.1) is 0 Å². The Hall–Kier alpha value is -1.26. The van der Waals surface area contributed by atoms with Gasteiger partial charge in [0.25, 0.3) is 0 Å². The maximum absolute atomic E-state index is 12.0. The standard InChI is InChI=1S/C14H24N2O3/c1-3-4-9-19-13(18)16-7-5-14(6-8-16)10-11(2)15-12(14)17/h11H,3-10H2,1-2H3,(H,15,17). The summed E-state index contributed by atoms with van der Waals surface area (Å²) in [7, 11) is 0. The molecule has 5 heteroatoms. The Bertz CT molecular complexity index is 349. The summed E-state index contributed by atoms with van der Waals surface area (Å²) in [5, 5.41) is 2.99. The predicted octanol–water partition coefficient (Wildman–Crippen LogP) is 1.91. The highest BCUT2D eigenvalue weighted by atomic mass is 16.6. The summed E-state index contributed by atoms with van der Waals surface area (Å²) >= 11 is 0. The monoisotopic (exact) mass is 268 g/mol. The van der Waals surface area contributed by atoms with Crippen LogP contribution in [-0.2, 0) is 9.53 Å². The third kappa shape index (κ3) is 3.01. The summed E-state index contributed by atoms with van der Waals surface area (Å²) in [6, 6.07) is 0.260. The van der Waals surface area contributed by atoms with Crippen LogP contribution in [0, 0.1) is 5.41 Å². The number of carbonyl (C=O) groups excluding carboxylic acids is 2. The molecule has 0 radical (unpaired) electrons. The summed E-state index contributed by atoms with van der Waals surface area (Å²) in [4.78, 5) is 25.6. The van der Waals surface area contributed by atoms with E-state index in [1.165, 1.54) is 0 Å². The number of unbranched alkanes of at least 4 members (excludes halogenated alkanes) is 1. The minimum atomic E-state index is -0.236. The molecule has 2 heterocycles. The van der Waals surface area contributed by atoms with Crippen LogP contribution < -0.4 is 5.32 Å². The second kappa shape index (κ2) is 5.80. The Morgan fingerprint density at radius 2 is 2.16 bits per heavy atom. The van der Waals surface area contributed by atoms with E-state index in [1.807, 2.05) is 6.92 Å². The lowest BCUT2D eigenvalue weighted by Crippen LogP contribution is -2.46. The lowest BCUT2D eigenvalue weighted by Gasteiger charge is -2.36. The van der Waals surface area contributed by atoms with E-state index in [0.717, 1.165) is 32.1 Å². The number of carbonyl (C=O) groups is 2. The van der Waals surface area contributed by atoms with Gasteiger partial charge in [0.1, 0.15) is 0 Å². The van der Waals surface area contributed by atoms with Gasteiger partial charge < -0.3 is 15.0 Å². The van der Waals surface area contributed by atoms with Crippen LogP contribution in [0.5, 0.6) is 0 Å². The number of ether oxygens (including phenoxy) is 1. The van der Waals surface area contributed by atoms with Gasteiger partial charge in [0.05, 0.1) is 12.0 Å². The molecule has 1 spiro atoms. The molecule has 2 aliphatic heterocycles. The summed E-state index contributed by atoms with van der Waals surface area (Å²) < 4.78 is 5.21. The summed E-state index contributed by atoms with van der Waals surface area (Å²) in [6.45, 7) is 5.86. The van der Waals surface area contributed by atoms with Gasteiger partial charge in [-0.25, -0.2) is 4.79 Å². The fourth-order valence-corrected chi connectivity index (χ4v) is 3.05. The van der Waals surface area contributed by atoms with Crippen LogP contribution in [0.15, 0.2) is 0 Å². The average Bonchev–Trinajstić information content (AvgIpc) is 2.65. The molecule has 2 amide bonds. The van der Waals surface area contributed by atoms with Gasteiger partial charge in [0, 0.05) is 19.1 Å². The smallest absolute Gasteiger partial charge is 0.409 e. The van der Waals surface area contributed by atoms with Gasteiger partial charge >= 0.3 is 6.09 Å². The van der Waals surface area contributed by atoms with Gasteiger partial charge in [-0.1, -0.05) is 13.3 Å². The van der Waals surface area contributed by atoms with E-state index in [9.17, 15) is 9.59 Å². The van der Waals surface area contributed by atoms with E-state index in [2.05, 4.69) is 12.2 Å². The van der Waals surface area contributed by atoms with Crippen molar-refractivity contribution >= 4 is 12.0 Å². The molecule has 0 aromatic carbocycles. The lowest BCUT2D eigenvalue weighted by molar-refractivity contribution is -0.129. The van der Waals surface area contributed by atoms with Crippen molar-refractivity contribution in [3.05, 3.63) is 0 Å². The van der Waals surface area contributed by atoms with Gasteiger partial charge in [-0.2, -0.15) is 0 Å². The highest BCUT2D eigenvalue weighted by molar-refractivity contribution is 5.85. The topological polar surface area (TPSA) is 58.6 Å². The second-order valence-corrected chi connectivity index (χ2v) is 5.81. The Balaban J connectivity index is 1.82. The lowest BCUT2D eigenvalue weighted by atomic mass is 9.76. The van der Waals surface area contributed by atoms with E-state index in [0.29, 0.717) is 19.7 Å². The van der Waals surface area contributed by atoms with Crippen LogP contribution in [0.25, 0.3) is 0 Å². The van der Waals surface area contributed by atoms with Gasteiger partial charge in [-0.3, -0.25) is 4.79 Å². The number of piperidine rings is 1. The zero-order valence-electron chi connectivity index (χ0n) is 11.9. The van der Waals surface area contributed by atoms with Crippen molar-refractivity contribution in [1.82, 2.24) is 10.2 Å². The first kappa shape index (κ1) is 14.2. The number of nitrogens with one attached hydrogen (secondary N) is 1. The first-order chi connectivity index (χ1) is 9.07. The Labute approximate surface area is 114 Å². The van der Waals surface area contributed by atoms with Gasteiger partial charge in [-0.05, 0) is 32.6 Å². The molecular weight excluding hydrogens is 244 g/mol. The Morgan fingerprint density at radius 1 is 1.47 bits per heavy atom. The molecule has 108 valence electrons. The van der Waals surface area contributed by atoms with Crippen molar-refractivity contribution < 1.29 is 14.3 Å². The minimum absolute atomic E-state index is 0.166. The third-order valence-electron chi connectivity index (χ3n) is 4.26. The van der Waals surface area contributed by atoms with E-state index in [4.69, 9.17) is 4.74 Å². The van der Waals surface area contributed by atoms with E-state index in [-0.39, 0.29) is 23.5 Å². The number of nitrogens with zero attached hydrogens (tertiary/aromatic N) is 1. The molecule has 2 saturated heterocycles. The summed E-state index contributed by atoms with van der Waals surface area (Å²) in [5.41, 5.74) is -0.236. The van der Waals surface area contributed by atoms with Crippen LogP contribution in [0.3, 0.4) is 0 Å². The quantitative estimate of drug-likeness (QED) is 0.795. The molecule has 2 rings (SSSR count). The molecule has 2 fully saturated rings. The number of hydrogen-bond acceptors (Lipinski definition) is 3. The molecule has 0 aromatic heterocycles. The first-order valence-corrected chi connectivity index (χ1v) is 7.30. The number of hydrogen-bond donors (Lipinski definition) is 1. The second-order valence-electron chi connectivity index (χ2n) is 5.81. The fourth-order valence-electron chi connectivity index (χ4n) is 3.05. The largest absolute Gasteiger partial charge is 0.449 e. The van der Waals surface area contributed by atoms with Gasteiger partial charge in [0.2, 0.25) is 5.91 Å². The third-order valence-corrected chi connectivity index (χ3v) is 4.26. The zero-order valence-corrected chi connectivity index (χ0v) is 11.9. The van der Waals surface area contributed by atoms with Crippen molar-refractivity contribution in [3.8, 4) is 0 Å². The molecule has 0 bridgehead atoms. The fraction of sp³-hybridized carbons (Fsp3) is 0.857. The minimum Gasteiger partial charge on any atom is -0.449 e. The molecule has 0 aromatic rings. The van der Waals surface area contributed by atoms with E-state index in [1.54, 1.807) is 4.90 Å². The van der Waals surface area contributed by atoms with E-state index < -0.39 is 0 Å². The predicted molar refractivity (Wildman–Crippen MR) is 71.7 cm³/mol. The maximum Gasteiger partial charge on any atom is 0.409 e. The van der Waals surface area contributed by atoms with Crippen LogP contribution in [-0.4, -0.2) is 42.6 Å². The maximum atomic E-state index is 12.0. The number of amides is 2. The highest BCUT2D eigenvalue weighted by Crippen LogP contribution is 2.40. The number of likely N-dealkylation sites (tertiary alicyclic amines) is 1. The van der Waals surface area contributed by atoms with E-state index >= 15 is 0 Å². The molecule has 0 saturated carbocycles. The molecule has 2 aliphatic rings. The zero-order chi connectivity index (χ0) is 13.9. The molecule has 1 atom stereocenters. The molecule has 0 aliphatic carbocycles. The number of rotatable bonds is 3. The molecule has 1 N–H and O–H groups in total. The van der Waals surface area contributed by atoms with Crippen LogP contribution in [0.1, 0.15) is 46.0 Å². The Morgan fingerprint density at radius 3 is 2.68 bits per heavy atom. The average molecular weight is 268 g/mol. The molecule has 5 nitrogen and oxygen atoms in total. The molecule has 1 unspecified atom stereocenters. The SMILES string of the molecule is CCCCOC(=O)N1CCC2(CC1)CC(C)NC2=O. The van der Waals surface area contributed by atoms with Crippen molar-refractivity contribution in [2.75, 3.05) is 19.7 Å². The highest BCUT2D eigenvalue weighted by Gasteiger charge is 2.47.